The molecular weight excluding hydrogens is 140 g/mol. The van der Waals surface area contributed by atoms with Crippen molar-refractivity contribution in [2.75, 3.05) is 12.8 Å². The van der Waals surface area contributed by atoms with Gasteiger partial charge in [-0.15, -0.1) is 0 Å². The number of hydrogen-bond acceptors (Lipinski definition) is 2. The summed E-state index contributed by atoms with van der Waals surface area (Å²) in [6.07, 6.45) is 0. The Balaban J connectivity index is 3.19. The van der Waals surface area contributed by atoms with Crippen molar-refractivity contribution in [3.8, 4) is 5.75 Å². The number of methoxy groups -OCH3 is 1. The highest BCUT2D eigenvalue weighted by molar-refractivity contribution is 5.63. The molecule has 56 valence electrons. The minimum Gasteiger partial charge on any atom is -0.508 e. The molecule has 0 fully saturated rings. The Kier molecular flexibility index (Phi) is 1.98. The van der Waals surface area contributed by atoms with Crippen LogP contribution in [0.15, 0.2) is 18.2 Å². The van der Waals surface area contributed by atoms with E-state index in [4.69, 9.17) is 17.0 Å². The Labute approximate surface area is 65.2 Å². The maximum Gasteiger partial charge on any atom is 0.228 e. The Morgan fingerprint density at radius 2 is 2.27 bits per heavy atom. The summed E-state index contributed by atoms with van der Waals surface area (Å²) in [6, 6.07) is 4.95. The first-order valence-electron chi connectivity index (χ1n) is 3.09. The van der Waals surface area contributed by atoms with Gasteiger partial charge in [-0.05, 0) is 12.1 Å². The van der Waals surface area contributed by atoms with Crippen LogP contribution in [0.1, 0.15) is 0 Å². The van der Waals surface area contributed by atoms with Gasteiger partial charge >= 0.3 is 0 Å². The van der Waals surface area contributed by atoms with Gasteiger partial charge in [-0.3, -0.25) is 0 Å². The second-order valence-electron chi connectivity index (χ2n) is 2.04. The van der Waals surface area contributed by atoms with Crippen LogP contribution < -0.4 is 10.5 Å². The first-order chi connectivity index (χ1) is 5.27. The number of rotatable bonds is 1. The largest absolute Gasteiger partial charge is 0.508 e. The highest BCUT2D eigenvalue weighted by Gasteiger charge is 2.00. The maximum absolute atomic E-state index is 6.76. The summed E-state index contributed by atoms with van der Waals surface area (Å²) >= 11 is 0. The smallest absolute Gasteiger partial charge is 0.228 e. The minimum atomic E-state index is 0.488. The molecule has 0 spiro atoms. The number of nitrogen functional groups attached to an aromatic ring is 1. The van der Waals surface area contributed by atoms with Crippen LogP contribution in [0.25, 0.3) is 4.85 Å². The Morgan fingerprint density at radius 3 is 2.82 bits per heavy atom. The zero-order valence-corrected chi connectivity index (χ0v) is 6.16. The zero-order chi connectivity index (χ0) is 8.27. The van der Waals surface area contributed by atoms with E-state index in [1.165, 1.54) is 7.11 Å². The summed E-state index contributed by atoms with van der Waals surface area (Å²) in [5.41, 5.74) is 6.57. The molecule has 1 aromatic carbocycles. The van der Waals surface area contributed by atoms with Crippen LogP contribution in [0, 0.1) is 6.57 Å². The third-order valence-corrected chi connectivity index (χ3v) is 1.32. The molecule has 0 aliphatic rings. The van der Waals surface area contributed by atoms with Crippen LogP contribution >= 0.6 is 0 Å². The molecule has 0 saturated carbocycles. The lowest BCUT2D eigenvalue weighted by molar-refractivity contribution is 0.417. The Morgan fingerprint density at radius 1 is 1.55 bits per heavy atom. The number of anilines is 1. The molecular formula is C8H8N2O. The molecule has 3 nitrogen and oxygen atoms in total. The number of hydrogen-bond donors (Lipinski definition) is 1. The van der Waals surface area contributed by atoms with Gasteiger partial charge in [0.2, 0.25) is 5.69 Å². The summed E-state index contributed by atoms with van der Waals surface area (Å²) in [5.74, 6) is 0.528. The van der Waals surface area contributed by atoms with Crippen molar-refractivity contribution in [2.45, 2.75) is 0 Å². The Hall–Kier alpha value is -1.69. The normalized spacial score (nSPS) is 8.73. The van der Waals surface area contributed by atoms with Gasteiger partial charge in [0.1, 0.15) is 5.75 Å². The van der Waals surface area contributed by atoms with E-state index in [1.807, 2.05) is 0 Å². The van der Waals surface area contributed by atoms with Gasteiger partial charge in [0, 0.05) is 5.69 Å². The van der Waals surface area contributed by atoms with Crippen LogP contribution in [0.3, 0.4) is 0 Å². The van der Waals surface area contributed by atoms with Crippen LogP contribution in [0.4, 0.5) is 11.4 Å². The molecule has 0 radical (unpaired) electrons. The fraction of sp³-hybridized carbons (Fsp3) is 0.125. The van der Waals surface area contributed by atoms with Crippen molar-refractivity contribution >= 4 is 11.4 Å². The highest BCUT2D eigenvalue weighted by Crippen LogP contribution is 2.28. The summed E-state index contributed by atoms with van der Waals surface area (Å²) in [4.78, 5) is 3.25. The molecule has 0 aliphatic heterocycles. The monoisotopic (exact) mass is 148 g/mol. The summed E-state index contributed by atoms with van der Waals surface area (Å²) < 4.78 is 4.92. The van der Waals surface area contributed by atoms with Gasteiger partial charge in [0.05, 0.1) is 13.7 Å². The van der Waals surface area contributed by atoms with Crippen molar-refractivity contribution in [2.24, 2.45) is 0 Å². The molecule has 0 atom stereocenters. The van der Waals surface area contributed by atoms with Gasteiger partial charge in [-0.1, -0.05) is 6.07 Å². The number of ether oxygens (including phenoxy) is 1. The number of nitrogens with zero attached hydrogens (tertiary/aromatic N) is 1. The average molecular weight is 148 g/mol. The van der Waals surface area contributed by atoms with Gasteiger partial charge in [-0.2, -0.15) is 0 Å². The van der Waals surface area contributed by atoms with E-state index < -0.39 is 0 Å². The predicted octanol–water partition coefficient (Wildman–Crippen LogP) is 1.83. The lowest BCUT2D eigenvalue weighted by atomic mass is 10.2. The molecule has 0 aliphatic carbocycles. The first kappa shape index (κ1) is 7.42. The van der Waals surface area contributed by atoms with Crippen molar-refractivity contribution in [1.29, 1.82) is 0 Å². The average Bonchev–Trinajstić information content (AvgIpc) is 2.04. The van der Waals surface area contributed by atoms with Gasteiger partial charge in [0.25, 0.3) is 0 Å². The first-order valence-corrected chi connectivity index (χ1v) is 3.09. The number of benzene rings is 1. The minimum absolute atomic E-state index is 0.488. The topological polar surface area (TPSA) is 39.6 Å². The SMILES string of the molecule is [C-]#[N+]c1ccc(N)cc1OC. The third-order valence-electron chi connectivity index (χ3n) is 1.32. The molecule has 0 aromatic heterocycles. The molecule has 0 saturated heterocycles. The van der Waals surface area contributed by atoms with Gasteiger partial charge in [0.15, 0.2) is 0 Å². The standard InChI is InChI=1S/C8H8N2O/c1-10-7-4-3-6(9)5-8(7)11-2/h3-5H,9H2,2H3. The molecule has 0 unspecified atom stereocenters. The second-order valence-corrected chi connectivity index (χ2v) is 2.04. The van der Waals surface area contributed by atoms with E-state index in [0.717, 1.165) is 0 Å². The van der Waals surface area contributed by atoms with E-state index in [0.29, 0.717) is 17.1 Å². The summed E-state index contributed by atoms with van der Waals surface area (Å²) in [5, 5.41) is 0. The van der Waals surface area contributed by atoms with E-state index in [-0.39, 0.29) is 0 Å². The van der Waals surface area contributed by atoms with Crippen molar-refractivity contribution < 1.29 is 4.74 Å². The molecule has 1 rings (SSSR count). The van der Waals surface area contributed by atoms with Crippen LogP contribution in [0.5, 0.6) is 5.75 Å². The van der Waals surface area contributed by atoms with Crippen molar-refractivity contribution in [1.82, 2.24) is 0 Å². The van der Waals surface area contributed by atoms with E-state index >= 15 is 0 Å². The van der Waals surface area contributed by atoms with Gasteiger partial charge < -0.3 is 10.5 Å². The van der Waals surface area contributed by atoms with Crippen molar-refractivity contribution in [3.63, 3.8) is 0 Å². The summed E-state index contributed by atoms with van der Waals surface area (Å²) in [7, 11) is 1.52. The quantitative estimate of drug-likeness (QED) is 0.487. The van der Waals surface area contributed by atoms with E-state index in [1.54, 1.807) is 18.2 Å². The van der Waals surface area contributed by atoms with E-state index in [2.05, 4.69) is 4.85 Å². The lowest BCUT2D eigenvalue weighted by Crippen LogP contribution is -1.87. The Bertz CT molecular complexity index is 301. The maximum atomic E-state index is 6.76. The molecule has 3 heteroatoms. The van der Waals surface area contributed by atoms with Crippen LogP contribution in [-0.4, -0.2) is 7.11 Å². The zero-order valence-electron chi connectivity index (χ0n) is 6.16. The lowest BCUT2D eigenvalue weighted by Gasteiger charge is -2.02. The summed E-state index contributed by atoms with van der Waals surface area (Å²) in [6.45, 7) is 6.76. The van der Waals surface area contributed by atoms with Crippen LogP contribution in [-0.2, 0) is 0 Å². The van der Waals surface area contributed by atoms with Crippen LogP contribution in [0.2, 0.25) is 0 Å². The molecule has 0 heterocycles. The number of nitrogens with two attached hydrogens (primary N) is 1. The molecule has 0 bridgehead atoms. The molecule has 0 amide bonds. The fourth-order valence-electron chi connectivity index (χ4n) is 0.787. The molecule has 11 heavy (non-hydrogen) atoms. The fourth-order valence-corrected chi connectivity index (χ4v) is 0.787. The third kappa shape index (κ3) is 1.41. The second kappa shape index (κ2) is 2.93. The molecule has 2 N–H and O–H groups in total. The predicted molar refractivity (Wildman–Crippen MR) is 43.7 cm³/mol. The van der Waals surface area contributed by atoms with Gasteiger partial charge in [-0.25, -0.2) is 4.85 Å². The van der Waals surface area contributed by atoms with Crippen molar-refractivity contribution in [3.05, 3.63) is 29.6 Å². The van der Waals surface area contributed by atoms with E-state index in [9.17, 15) is 0 Å². The highest BCUT2D eigenvalue weighted by atomic mass is 16.5. The molecule has 1 aromatic rings.